The molecule has 0 unspecified atom stereocenters. The van der Waals surface area contributed by atoms with Crippen molar-refractivity contribution in [2.24, 2.45) is 0 Å². The average Bonchev–Trinajstić information content (AvgIpc) is 3.02. The van der Waals surface area contributed by atoms with E-state index in [0.29, 0.717) is 44.9 Å². The Morgan fingerprint density at radius 1 is 1.12 bits per heavy atom. The molecule has 0 saturated carbocycles. The molecular weight excluding hydrogens is 470 g/mol. The molecule has 0 spiro atoms. The lowest BCUT2D eigenvalue weighted by Crippen LogP contribution is -2.29. The van der Waals surface area contributed by atoms with Gasteiger partial charge in [0.25, 0.3) is 11.6 Å². The van der Waals surface area contributed by atoms with Gasteiger partial charge in [0.1, 0.15) is 4.32 Å². The largest absolute Gasteiger partial charge is 0.326 e. The summed E-state index contributed by atoms with van der Waals surface area (Å²) >= 11 is 12.4. The number of carbonyl (C=O) groups is 2. The Morgan fingerprint density at radius 3 is 2.47 bits per heavy atom. The van der Waals surface area contributed by atoms with E-state index in [1.165, 1.54) is 23.9 Å². The third kappa shape index (κ3) is 6.62. The van der Waals surface area contributed by atoms with Crippen LogP contribution in [0.15, 0.2) is 53.4 Å². The number of halogens is 1. The maximum absolute atomic E-state index is 12.7. The Kier molecular flexibility index (Phi) is 8.38. The van der Waals surface area contributed by atoms with Crippen molar-refractivity contribution in [1.82, 2.24) is 4.90 Å². The third-order valence-corrected chi connectivity index (χ3v) is 6.32. The molecule has 2 amide bonds. The minimum Gasteiger partial charge on any atom is -0.326 e. The molecule has 0 radical (unpaired) electrons. The molecule has 1 aliphatic rings. The summed E-state index contributed by atoms with van der Waals surface area (Å²) in [7, 11) is 0. The van der Waals surface area contributed by atoms with E-state index in [1.54, 1.807) is 47.4 Å². The summed E-state index contributed by atoms with van der Waals surface area (Å²) in [6.07, 6.45) is 4.29. The molecule has 0 atom stereocenters. The first-order chi connectivity index (χ1) is 15.3. The zero-order valence-corrected chi connectivity index (χ0v) is 19.3. The number of unbranched alkanes of at least 4 members (excludes halogenated alkanes) is 2. The van der Waals surface area contributed by atoms with E-state index in [0.717, 1.165) is 12.8 Å². The predicted octanol–water partition coefficient (Wildman–Crippen LogP) is 5.65. The smallest absolute Gasteiger partial charge is 0.269 e. The number of nitro benzene ring substituents is 1. The highest BCUT2D eigenvalue weighted by Crippen LogP contribution is 2.33. The maximum atomic E-state index is 12.7. The van der Waals surface area contributed by atoms with Gasteiger partial charge in [0, 0.05) is 35.8 Å². The van der Waals surface area contributed by atoms with Crippen molar-refractivity contribution in [3.8, 4) is 0 Å². The van der Waals surface area contributed by atoms with Crippen LogP contribution in [-0.4, -0.2) is 32.5 Å². The van der Waals surface area contributed by atoms with Gasteiger partial charge in [-0.3, -0.25) is 24.6 Å². The van der Waals surface area contributed by atoms with Crippen LogP contribution in [0.1, 0.15) is 31.2 Å². The van der Waals surface area contributed by atoms with Gasteiger partial charge < -0.3 is 5.32 Å². The minimum atomic E-state index is -0.468. The molecule has 1 saturated heterocycles. The summed E-state index contributed by atoms with van der Waals surface area (Å²) in [5.41, 5.74) is 1.40. The number of anilines is 1. The minimum absolute atomic E-state index is 0.00320. The van der Waals surface area contributed by atoms with E-state index < -0.39 is 4.92 Å². The van der Waals surface area contributed by atoms with E-state index in [9.17, 15) is 19.7 Å². The first-order valence-electron chi connectivity index (χ1n) is 9.89. The summed E-state index contributed by atoms with van der Waals surface area (Å²) in [6.45, 7) is 0.487. The zero-order chi connectivity index (χ0) is 23.1. The third-order valence-electron chi connectivity index (χ3n) is 4.69. The van der Waals surface area contributed by atoms with E-state index >= 15 is 0 Å². The Morgan fingerprint density at radius 2 is 1.81 bits per heavy atom. The van der Waals surface area contributed by atoms with Crippen molar-refractivity contribution in [3.05, 3.63) is 74.1 Å². The molecule has 1 fully saturated rings. The van der Waals surface area contributed by atoms with Gasteiger partial charge in [-0.1, -0.05) is 42.0 Å². The Balaban J connectivity index is 1.43. The Bertz CT molecular complexity index is 1060. The van der Waals surface area contributed by atoms with Crippen LogP contribution in [0.4, 0.5) is 11.4 Å². The summed E-state index contributed by atoms with van der Waals surface area (Å²) in [5, 5.41) is 14.2. The molecule has 2 aromatic carbocycles. The molecule has 1 heterocycles. The van der Waals surface area contributed by atoms with Gasteiger partial charge in [0.2, 0.25) is 5.91 Å². The lowest BCUT2D eigenvalue weighted by atomic mass is 10.1. The number of hydrogen-bond donors (Lipinski definition) is 1. The van der Waals surface area contributed by atoms with E-state index in [2.05, 4.69) is 5.32 Å². The molecule has 1 aliphatic heterocycles. The van der Waals surface area contributed by atoms with Gasteiger partial charge >= 0.3 is 0 Å². The number of nitrogens with one attached hydrogen (secondary N) is 1. The summed E-state index contributed by atoms with van der Waals surface area (Å²) in [5.74, 6) is -0.234. The molecule has 166 valence electrons. The number of rotatable bonds is 9. The monoisotopic (exact) mass is 489 g/mol. The van der Waals surface area contributed by atoms with Crippen LogP contribution in [-0.2, 0) is 9.59 Å². The van der Waals surface area contributed by atoms with E-state index in [-0.39, 0.29) is 17.5 Å². The normalized spacial score (nSPS) is 14.8. The molecule has 3 rings (SSSR count). The lowest BCUT2D eigenvalue weighted by molar-refractivity contribution is -0.384. The number of nitro groups is 1. The zero-order valence-electron chi connectivity index (χ0n) is 17.0. The van der Waals surface area contributed by atoms with Gasteiger partial charge in [-0.05, 0) is 60.9 Å². The number of hydrogen-bond acceptors (Lipinski definition) is 6. The van der Waals surface area contributed by atoms with Crippen molar-refractivity contribution < 1.29 is 14.5 Å². The summed E-state index contributed by atoms with van der Waals surface area (Å²) < 4.78 is 0.489. The van der Waals surface area contributed by atoms with Gasteiger partial charge in [-0.2, -0.15) is 0 Å². The van der Waals surface area contributed by atoms with Crippen molar-refractivity contribution in [2.45, 2.75) is 25.7 Å². The number of nitrogens with zero attached hydrogens (tertiary/aromatic N) is 2. The van der Waals surface area contributed by atoms with Crippen LogP contribution in [0.5, 0.6) is 0 Å². The van der Waals surface area contributed by atoms with Crippen LogP contribution < -0.4 is 5.32 Å². The Hall–Kier alpha value is -2.75. The highest BCUT2D eigenvalue weighted by Gasteiger charge is 2.31. The fraction of sp³-hybridized carbons (Fsp3) is 0.227. The lowest BCUT2D eigenvalue weighted by Gasteiger charge is -2.14. The first-order valence-corrected chi connectivity index (χ1v) is 11.5. The molecule has 10 heteroatoms. The molecule has 1 N–H and O–H groups in total. The second-order valence-electron chi connectivity index (χ2n) is 7.05. The van der Waals surface area contributed by atoms with Crippen molar-refractivity contribution >= 4 is 69.2 Å². The summed E-state index contributed by atoms with van der Waals surface area (Å²) in [6, 6.07) is 12.9. The van der Waals surface area contributed by atoms with Crippen LogP contribution in [0.2, 0.25) is 5.02 Å². The topological polar surface area (TPSA) is 92.5 Å². The standard InChI is InChI=1S/C22H20ClN3O4S2/c23-16-7-9-17(10-8-16)24-20(27)4-2-1-3-13-25-21(28)19(32-22(25)31)14-15-5-11-18(12-6-15)26(29)30/h5-12,14H,1-4,13H2,(H,24,27)/b19-14-. The van der Waals surface area contributed by atoms with Gasteiger partial charge in [0.15, 0.2) is 0 Å². The van der Waals surface area contributed by atoms with E-state index in [1.807, 2.05) is 0 Å². The molecule has 0 bridgehead atoms. The number of non-ortho nitro benzene ring substituents is 1. The number of benzene rings is 2. The average molecular weight is 490 g/mol. The first kappa shape index (κ1) is 23.9. The van der Waals surface area contributed by atoms with Crippen LogP contribution >= 0.6 is 35.6 Å². The molecule has 0 aliphatic carbocycles. The highest BCUT2D eigenvalue weighted by molar-refractivity contribution is 8.26. The van der Waals surface area contributed by atoms with Crippen molar-refractivity contribution in [3.63, 3.8) is 0 Å². The van der Waals surface area contributed by atoms with Crippen molar-refractivity contribution in [2.75, 3.05) is 11.9 Å². The molecule has 7 nitrogen and oxygen atoms in total. The number of thioether (sulfide) groups is 1. The summed E-state index contributed by atoms with van der Waals surface area (Å²) in [4.78, 5) is 37.0. The molecular formula is C22H20ClN3O4S2. The SMILES string of the molecule is O=C(CCCCCN1C(=O)/C(=C/c2ccc([N+](=O)[O-])cc2)SC1=S)Nc1ccc(Cl)cc1. The Labute approximate surface area is 200 Å². The number of carbonyl (C=O) groups excluding carboxylic acids is 2. The van der Waals surface area contributed by atoms with Gasteiger partial charge in [-0.25, -0.2) is 0 Å². The second-order valence-corrected chi connectivity index (χ2v) is 9.16. The second kappa shape index (κ2) is 11.2. The molecule has 2 aromatic rings. The number of amides is 2. The van der Waals surface area contributed by atoms with Crippen LogP contribution in [0.25, 0.3) is 6.08 Å². The fourth-order valence-corrected chi connectivity index (χ4v) is 4.46. The molecule has 0 aromatic heterocycles. The number of thiocarbonyl (C=S) groups is 1. The van der Waals surface area contributed by atoms with Crippen LogP contribution in [0, 0.1) is 10.1 Å². The van der Waals surface area contributed by atoms with Crippen LogP contribution in [0.3, 0.4) is 0 Å². The van der Waals surface area contributed by atoms with Gasteiger partial charge in [0.05, 0.1) is 9.83 Å². The van der Waals surface area contributed by atoms with E-state index in [4.69, 9.17) is 23.8 Å². The fourth-order valence-electron chi connectivity index (χ4n) is 3.03. The van der Waals surface area contributed by atoms with Crippen molar-refractivity contribution in [1.29, 1.82) is 0 Å². The highest BCUT2D eigenvalue weighted by atomic mass is 35.5. The molecule has 32 heavy (non-hydrogen) atoms. The maximum Gasteiger partial charge on any atom is 0.269 e. The van der Waals surface area contributed by atoms with Gasteiger partial charge in [-0.15, -0.1) is 0 Å². The predicted molar refractivity (Wildman–Crippen MR) is 132 cm³/mol. The quantitative estimate of drug-likeness (QED) is 0.161.